The molecular formula is C22H22N2O5. The monoisotopic (exact) mass is 394 g/mol. The number of furan rings is 1. The summed E-state index contributed by atoms with van der Waals surface area (Å²) in [6.07, 6.45) is 2.53. The molecular weight excluding hydrogens is 372 g/mol. The predicted octanol–water partition coefficient (Wildman–Crippen LogP) is 4.66. The second-order valence-electron chi connectivity index (χ2n) is 8.53. The van der Waals surface area contributed by atoms with Crippen molar-refractivity contribution in [2.75, 3.05) is 4.90 Å². The first kappa shape index (κ1) is 19.1. The maximum atomic E-state index is 13.3. The molecule has 7 nitrogen and oxygen atoms in total. The number of benzene rings is 1. The zero-order valence-corrected chi connectivity index (χ0v) is 16.6. The SMILES string of the molecule is Cc1ccc([N+](=O)[O-])cc1N1C(=O)CC(c2ccco2)C2=C1CC(C)(C)CC2=O. The quantitative estimate of drug-likeness (QED) is 0.557. The number of amides is 1. The van der Waals surface area contributed by atoms with Crippen molar-refractivity contribution in [1.29, 1.82) is 0 Å². The minimum atomic E-state index is -0.478. The lowest BCUT2D eigenvalue weighted by molar-refractivity contribution is -0.384. The molecule has 0 radical (unpaired) electrons. The molecule has 1 aliphatic carbocycles. The third-order valence-corrected chi connectivity index (χ3v) is 5.67. The van der Waals surface area contributed by atoms with E-state index < -0.39 is 10.8 Å². The Hall–Kier alpha value is -3.22. The molecule has 2 aromatic rings. The fourth-order valence-electron chi connectivity index (χ4n) is 4.38. The summed E-state index contributed by atoms with van der Waals surface area (Å²) in [6.45, 7) is 5.79. The van der Waals surface area contributed by atoms with Crippen LogP contribution in [0.2, 0.25) is 0 Å². The Morgan fingerprint density at radius 2 is 1.97 bits per heavy atom. The average Bonchev–Trinajstić information content (AvgIpc) is 3.15. The van der Waals surface area contributed by atoms with E-state index in [1.807, 2.05) is 13.8 Å². The van der Waals surface area contributed by atoms with E-state index in [2.05, 4.69) is 0 Å². The van der Waals surface area contributed by atoms with Crippen molar-refractivity contribution in [1.82, 2.24) is 0 Å². The lowest BCUT2D eigenvalue weighted by Gasteiger charge is -2.42. The minimum Gasteiger partial charge on any atom is -0.469 e. The Morgan fingerprint density at radius 3 is 2.62 bits per heavy atom. The van der Waals surface area contributed by atoms with E-state index in [0.29, 0.717) is 35.6 Å². The highest BCUT2D eigenvalue weighted by molar-refractivity contribution is 6.08. The van der Waals surface area contributed by atoms with Crippen molar-refractivity contribution in [2.24, 2.45) is 5.41 Å². The van der Waals surface area contributed by atoms with Gasteiger partial charge in [-0.15, -0.1) is 0 Å². The number of non-ortho nitro benzene ring substituents is 1. The Morgan fingerprint density at radius 1 is 1.21 bits per heavy atom. The van der Waals surface area contributed by atoms with Crippen LogP contribution in [0.15, 0.2) is 52.3 Å². The summed E-state index contributed by atoms with van der Waals surface area (Å²) < 4.78 is 5.54. The molecule has 7 heteroatoms. The number of aryl methyl sites for hydroxylation is 1. The third-order valence-electron chi connectivity index (χ3n) is 5.67. The van der Waals surface area contributed by atoms with Crippen LogP contribution in [0.1, 0.15) is 50.4 Å². The summed E-state index contributed by atoms with van der Waals surface area (Å²) in [7, 11) is 0. The van der Waals surface area contributed by atoms with Gasteiger partial charge in [-0.25, -0.2) is 0 Å². The summed E-state index contributed by atoms with van der Waals surface area (Å²) in [5.74, 6) is -0.0295. The lowest BCUT2D eigenvalue weighted by Crippen LogP contribution is -2.44. The van der Waals surface area contributed by atoms with E-state index in [0.717, 1.165) is 5.56 Å². The summed E-state index contributed by atoms with van der Waals surface area (Å²) in [5, 5.41) is 11.3. The van der Waals surface area contributed by atoms with Crippen LogP contribution in [-0.2, 0) is 9.59 Å². The van der Waals surface area contributed by atoms with Gasteiger partial charge in [0, 0.05) is 36.2 Å². The minimum absolute atomic E-state index is 0.00164. The molecule has 0 fully saturated rings. The van der Waals surface area contributed by atoms with Gasteiger partial charge < -0.3 is 4.42 Å². The molecule has 1 unspecified atom stereocenters. The number of nitro groups is 1. The maximum Gasteiger partial charge on any atom is 0.271 e. The number of hydrogen-bond donors (Lipinski definition) is 0. The number of ketones is 1. The smallest absolute Gasteiger partial charge is 0.271 e. The van der Waals surface area contributed by atoms with E-state index in [9.17, 15) is 19.7 Å². The van der Waals surface area contributed by atoms with Crippen molar-refractivity contribution in [3.63, 3.8) is 0 Å². The maximum absolute atomic E-state index is 13.3. The number of allylic oxidation sites excluding steroid dienone is 2. The summed E-state index contributed by atoms with van der Waals surface area (Å²) in [6, 6.07) is 7.99. The van der Waals surface area contributed by atoms with Gasteiger partial charge in [-0.2, -0.15) is 0 Å². The van der Waals surface area contributed by atoms with Crippen molar-refractivity contribution >= 4 is 23.1 Å². The van der Waals surface area contributed by atoms with Crippen molar-refractivity contribution < 1.29 is 18.9 Å². The number of anilines is 1. The molecule has 1 amide bonds. The van der Waals surface area contributed by atoms with Gasteiger partial charge >= 0.3 is 0 Å². The van der Waals surface area contributed by atoms with Crippen LogP contribution in [0.4, 0.5) is 11.4 Å². The fraction of sp³-hybridized carbons (Fsp3) is 0.364. The van der Waals surface area contributed by atoms with Crippen molar-refractivity contribution in [2.45, 2.75) is 46.0 Å². The molecule has 0 N–H and O–H groups in total. The van der Waals surface area contributed by atoms with Gasteiger partial charge in [-0.1, -0.05) is 19.9 Å². The predicted molar refractivity (Wildman–Crippen MR) is 106 cm³/mol. The number of carbonyl (C=O) groups is 2. The molecule has 1 aromatic heterocycles. The van der Waals surface area contributed by atoms with Crippen LogP contribution in [0.3, 0.4) is 0 Å². The Balaban J connectivity index is 1.93. The lowest BCUT2D eigenvalue weighted by atomic mass is 9.70. The molecule has 2 aliphatic rings. The molecule has 2 heterocycles. The van der Waals surface area contributed by atoms with E-state index in [-0.39, 0.29) is 29.2 Å². The Bertz CT molecular complexity index is 1050. The first-order chi connectivity index (χ1) is 13.7. The highest BCUT2D eigenvalue weighted by Gasteiger charge is 2.45. The second-order valence-corrected chi connectivity index (χ2v) is 8.53. The van der Waals surface area contributed by atoms with Crippen molar-refractivity contribution in [3.8, 4) is 0 Å². The number of nitrogens with zero attached hydrogens (tertiary/aromatic N) is 2. The third kappa shape index (κ3) is 3.26. The molecule has 1 aromatic carbocycles. The van der Waals surface area contributed by atoms with E-state index >= 15 is 0 Å². The van der Waals surface area contributed by atoms with Crippen LogP contribution < -0.4 is 4.90 Å². The van der Waals surface area contributed by atoms with Crippen LogP contribution in [0, 0.1) is 22.5 Å². The number of hydrogen-bond acceptors (Lipinski definition) is 5. The Kier molecular flexibility index (Phi) is 4.41. The summed E-state index contributed by atoms with van der Waals surface area (Å²) in [5.41, 5.74) is 2.02. The molecule has 1 atom stereocenters. The van der Waals surface area contributed by atoms with Crippen molar-refractivity contribution in [3.05, 3.63) is 69.3 Å². The zero-order valence-electron chi connectivity index (χ0n) is 16.6. The van der Waals surface area contributed by atoms with Crippen LogP contribution in [0.25, 0.3) is 0 Å². The molecule has 29 heavy (non-hydrogen) atoms. The van der Waals surface area contributed by atoms with E-state index in [1.54, 1.807) is 25.1 Å². The summed E-state index contributed by atoms with van der Waals surface area (Å²) in [4.78, 5) is 38.8. The van der Waals surface area contributed by atoms with Gasteiger partial charge in [0.2, 0.25) is 5.91 Å². The zero-order chi connectivity index (χ0) is 20.9. The van der Waals surface area contributed by atoms with E-state index in [4.69, 9.17) is 4.42 Å². The highest BCUT2D eigenvalue weighted by Crippen LogP contribution is 2.48. The van der Waals surface area contributed by atoms with Crippen LogP contribution in [0.5, 0.6) is 0 Å². The average molecular weight is 394 g/mol. The van der Waals surface area contributed by atoms with E-state index in [1.165, 1.54) is 23.3 Å². The standard InChI is InChI=1S/C22H22N2O5/c1-13-6-7-14(24(27)28)9-16(13)23-17-11-22(2,3)12-18(25)21(17)15(10-20(23)26)19-5-4-8-29-19/h4-9,15H,10-12H2,1-3H3. The Labute approximate surface area is 168 Å². The van der Waals surface area contributed by atoms with Gasteiger partial charge in [0.1, 0.15) is 5.76 Å². The highest BCUT2D eigenvalue weighted by atomic mass is 16.6. The van der Waals surface area contributed by atoms with Gasteiger partial charge in [-0.05, 0) is 36.5 Å². The topological polar surface area (TPSA) is 93.7 Å². The number of nitro benzene ring substituents is 1. The number of carbonyl (C=O) groups excluding carboxylic acids is 2. The normalized spacial score (nSPS) is 21.3. The van der Waals surface area contributed by atoms with Gasteiger partial charge in [-0.3, -0.25) is 24.6 Å². The molecule has 0 bridgehead atoms. The molecule has 150 valence electrons. The van der Waals surface area contributed by atoms with Crippen LogP contribution in [-0.4, -0.2) is 16.6 Å². The largest absolute Gasteiger partial charge is 0.469 e. The molecule has 0 saturated heterocycles. The van der Waals surface area contributed by atoms with Gasteiger partial charge in [0.15, 0.2) is 5.78 Å². The second kappa shape index (κ2) is 6.69. The molecule has 4 rings (SSSR count). The molecule has 1 aliphatic heterocycles. The first-order valence-corrected chi connectivity index (χ1v) is 9.55. The summed E-state index contributed by atoms with van der Waals surface area (Å²) >= 11 is 0. The van der Waals surface area contributed by atoms with Gasteiger partial charge in [0.05, 0.1) is 22.8 Å². The molecule has 0 spiro atoms. The van der Waals surface area contributed by atoms with Crippen LogP contribution >= 0.6 is 0 Å². The fourth-order valence-corrected chi connectivity index (χ4v) is 4.38. The number of Topliss-reactive ketones (excluding diaryl/α,β-unsaturated/α-hetero) is 1. The van der Waals surface area contributed by atoms with Gasteiger partial charge in [0.25, 0.3) is 5.69 Å². The molecule has 0 saturated carbocycles. The first-order valence-electron chi connectivity index (χ1n) is 9.55. The number of rotatable bonds is 3.